The number of nitrogens with zero attached hydrogens (tertiary/aromatic N) is 3. The Hall–Kier alpha value is -2.69. The summed E-state index contributed by atoms with van der Waals surface area (Å²) < 4.78 is 6.71. The molecule has 2 aromatic heterocycles. The Labute approximate surface area is 128 Å². The van der Waals surface area contributed by atoms with Crippen LogP contribution in [0.4, 0.5) is 0 Å². The van der Waals surface area contributed by atoms with Gasteiger partial charge in [-0.25, -0.2) is 14.5 Å². The van der Waals surface area contributed by atoms with Gasteiger partial charge in [0.25, 0.3) is 0 Å². The van der Waals surface area contributed by atoms with Crippen molar-refractivity contribution in [2.24, 2.45) is 0 Å². The van der Waals surface area contributed by atoms with Gasteiger partial charge >= 0.3 is 5.97 Å². The number of aryl methyl sites for hydroxylation is 1. The standard InChI is InChI=1S/C17H17N3O2/c1-4-22-17(21)14-10-18-20(12(14)3)16-9-11(2)13-7-5-6-8-15(13)19-16/h5-10H,4H2,1-3H3. The van der Waals surface area contributed by atoms with Gasteiger partial charge < -0.3 is 4.74 Å². The Bertz CT molecular complexity index is 852. The third-order valence-corrected chi connectivity index (χ3v) is 3.63. The van der Waals surface area contributed by atoms with E-state index in [0.717, 1.165) is 22.2 Å². The average Bonchev–Trinajstić information content (AvgIpc) is 2.89. The van der Waals surface area contributed by atoms with E-state index in [0.29, 0.717) is 18.0 Å². The van der Waals surface area contributed by atoms with Crippen molar-refractivity contribution >= 4 is 16.9 Å². The number of rotatable bonds is 3. The van der Waals surface area contributed by atoms with Crippen molar-refractivity contribution in [2.75, 3.05) is 6.61 Å². The first-order chi connectivity index (χ1) is 10.6. The van der Waals surface area contributed by atoms with Gasteiger partial charge in [0.2, 0.25) is 0 Å². The van der Waals surface area contributed by atoms with Crippen LogP contribution in [-0.4, -0.2) is 27.3 Å². The number of hydrogen-bond acceptors (Lipinski definition) is 4. The van der Waals surface area contributed by atoms with Crippen molar-refractivity contribution in [3.05, 3.63) is 53.3 Å². The second kappa shape index (κ2) is 5.60. The summed E-state index contributed by atoms with van der Waals surface area (Å²) in [6.45, 7) is 6.01. The van der Waals surface area contributed by atoms with Crippen molar-refractivity contribution in [2.45, 2.75) is 20.8 Å². The molecule has 5 heteroatoms. The van der Waals surface area contributed by atoms with Crippen LogP contribution in [-0.2, 0) is 4.74 Å². The van der Waals surface area contributed by atoms with Crippen LogP contribution in [0.2, 0.25) is 0 Å². The van der Waals surface area contributed by atoms with Crippen molar-refractivity contribution in [1.29, 1.82) is 0 Å². The minimum atomic E-state index is -0.358. The normalized spacial score (nSPS) is 10.9. The zero-order valence-corrected chi connectivity index (χ0v) is 12.8. The molecule has 0 atom stereocenters. The molecule has 2 heterocycles. The molecule has 0 radical (unpaired) electrons. The minimum Gasteiger partial charge on any atom is -0.462 e. The second-order valence-corrected chi connectivity index (χ2v) is 5.09. The summed E-state index contributed by atoms with van der Waals surface area (Å²) in [5.74, 6) is 0.341. The minimum absolute atomic E-state index is 0.344. The quantitative estimate of drug-likeness (QED) is 0.696. The highest BCUT2D eigenvalue weighted by Gasteiger charge is 2.17. The predicted molar refractivity (Wildman–Crippen MR) is 84.3 cm³/mol. The number of esters is 1. The first kappa shape index (κ1) is 14.3. The van der Waals surface area contributed by atoms with E-state index in [-0.39, 0.29) is 5.97 Å². The Kier molecular flexibility index (Phi) is 3.63. The van der Waals surface area contributed by atoms with Crippen molar-refractivity contribution in [3.8, 4) is 5.82 Å². The molecule has 0 aliphatic rings. The van der Waals surface area contributed by atoms with Crippen molar-refractivity contribution < 1.29 is 9.53 Å². The number of hydrogen-bond donors (Lipinski definition) is 0. The number of aromatic nitrogens is 3. The van der Waals surface area contributed by atoms with E-state index in [1.54, 1.807) is 11.6 Å². The van der Waals surface area contributed by atoms with Crippen LogP contribution in [0.25, 0.3) is 16.7 Å². The molecule has 0 spiro atoms. The molecule has 5 nitrogen and oxygen atoms in total. The number of para-hydroxylation sites is 1. The molecule has 0 saturated heterocycles. The summed E-state index contributed by atoms with van der Waals surface area (Å²) in [4.78, 5) is 16.5. The SMILES string of the molecule is CCOC(=O)c1cnn(-c2cc(C)c3ccccc3n2)c1C. The van der Waals surface area contributed by atoms with E-state index < -0.39 is 0 Å². The Morgan fingerprint density at radius 2 is 2.05 bits per heavy atom. The van der Waals surface area contributed by atoms with Crippen LogP contribution in [0.3, 0.4) is 0 Å². The van der Waals surface area contributed by atoms with E-state index in [1.165, 1.54) is 6.20 Å². The molecule has 3 rings (SSSR count). The molecule has 112 valence electrons. The molecule has 0 bridgehead atoms. The molecule has 0 aliphatic carbocycles. The monoisotopic (exact) mass is 295 g/mol. The van der Waals surface area contributed by atoms with E-state index in [1.807, 2.05) is 44.2 Å². The Morgan fingerprint density at radius 1 is 1.27 bits per heavy atom. The molecule has 0 amide bonds. The summed E-state index contributed by atoms with van der Waals surface area (Å²) >= 11 is 0. The fraction of sp³-hybridized carbons (Fsp3) is 0.235. The molecule has 0 aliphatic heterocycles. The van der Waals surface area contributed by atoms with Gasteiger partial charge in [-0.3, -0.25) is 0 Å². The maximum Gasteiger partial charge on any atom is 0.341 e. The number of ether oxygens (including phenoxy) is 1. The lowest BCUT2D eigenvalue weighted by Crippen LogP contribution is -2.08. The Morgan fingerprint density at radius 3 is 2.82 bits per heavy atom. The van der Waals surface area contributed by atoms with Gasteiger partial charge in [-0.2, -0.15) is 5.10 Å². The number of pyridine rings is 1. The second-order valence-electron chi connectivity index (χ2n) is 5.09. The van der Waals surface area contributed by atoms with Crippen molar-refractivity contribution in [1.82, 2.24) is 14.8 Å². The lowest BCUT2D eigenvalue weighted by molar-refractivity contribution is 0.0525. The fourth-order valence-corrected chi connectivity index (χ4v) is 2.49. The molecule has 0 saturated carbocycles. The van der Waals surface area contributed by atoms with Gasteiger partial charge in [0, 0.05) is 5.39 Å². The first-order valence-electron chi connectivity index (χ1n) is 7.20. The first-order valence-corrected chi connectivity index (χ1v) is 7.20. The summed E-state index contributed by atoms with van der Waals surface area (Å²) in [6, 6.07) is 9.93. The third kappa shape index (κ3) is 2.35. The molecule has 0 fully saturated rings. The van der Waals surface area contributed by atoms with Gasteiger partial charge in [-0.15, -0.1) is 0 Å². The summed E-state index contributed by atoms with van der Waals surface area (Å²) in [7, 11) is 0. The summed E-state index contributed by atoms with van der Waals surface area (Å²) in [6.07, 6.45) is 1.53. The van der Waals surface area contributed by atoms with Crippen LogP contribution in [0.1, 0.15) is 28.5 Å². The van der Waals surface area contributed by atoms with Crippen LogP contribution >= 0.6 is 0 Å². The lowest BCUT2D eigenvalue weighted by atomic mass is 10.1. The molecule has 3 aromatic rings. The van der Waals surface area contributed by atoms with E-state index in [9.17, 15) is 4.79 Å². The van der Waals surface area contributed by atoms with Gasteiger partial charge in [0.05, 0.1) is 24.0 Å². The maximum absolute atomic E-state index is 11.9. The topological polar surface area (TPSA) is 57.0 Å². The summed E-state index contributed by atoms with van der Waals surface area (Å²) in [5.41, 5.74) is 3.22. The van der Waals surface area contributed by atoms with Gasteiger partial charge in [-0.1, -0.05) is 18.2 Å². The van der Waals surface area contributed by atoms with Crippen LogP contribution in [0, 0.1) is 13.8 Å². The third-order valence-electron chi connectivity index (χ3n) is 3.63. The zero-order chi connectivity index (χ0) is 15.7. The number of fused-ring (bicyclic) bond motifs is 1. The maximum atomic E-state index is 11.9. The zero-order valence-electron chi connectivity index (χ0n) is 12.8. The van der Waals surface area contributed by atoms with Crippen LogP contribution in [0.15, 0.2) is 36.5 Å². The molecule has 0 unspecified atom stereocenters. The smallest absolute Gasteiger partial charge is 0.341 e. The molecule has 22 heavy (non-hydrogen) atoms. The van der Waals surface area contributed by atoms with Gasteiger partial charge in [0.15, 0.2) is 5.82 Å². The molecular formula is C17H17N3O2. The molecule has 0 N–H and O–H groups in total. The molecular weight excluding hydrogens is 278 g/mol. The van der Waals surface area contributed by atoms with Gasteiger partial charge in [-0.05, 0) is 38.5 Å². The Balaban J connectivity index is 2.10. The number of carbonyl (C=O) groups is 1. The number of benzene rings is 1. The highest BCUT2D eigenvalue weighted by molar-refractivity contribution is 5.90. The van der Waals surface area contributed by atoms with Gasteiger partial charge in [0.1, 0.15) is 5.56 Å². The van der Waals surface area contributed by atoms with Crippen molar-refractivity contribution in [3.63, 3.8) is 0 Å². The largest absolute Gasteiger partial charge is 0.462 e. The lowest BCUT2D eigenvalue weighted by Gasteiger charge is -2.08. The highest BCUT2D eigenvalue weighted by Crippen LogP contribution is 2.21. The van der Waals surface area contributed by atoms with E-state index >= 15 is 0 Å². The highest BCUT2D eigenvalue weighted by atomic mass is 16.5. The predicted octanol–water partition coefficient (Wildman–Crippen LogP) is 3.21. The van der Waals surface area contributed by atoms with E-state index in [2.05, 4.69) is 10.1 Å². The van der Waals surface area contributed by atoms with Crippen LogP contribution in [0.5, 0.6) is 0 Å². The van der Waals surface area contributed by atoms with E-state index in [4.69, 9.17) is 4.74 Å². The average molecular weight is 295 g/mol. The van der Waals surface area contributed by atoms with Crippen LogP contribution < -0.4 is 0 Å². The number of carbonyl (C=O) groups excluding carboxylic acids is 1. The fourth-order valence-electron chi connectivity index (χ4n) is 2.49. The summed E-state index contributed by atoms with van der Waals surface area (Å²) in [5, 5.41) is 5.40. The molecule has 1 aromatic carbocycles.